The van der Waals surface area contributed by atoms with Gasteiger partial charge in [0.2, 0.25) is 0 Å². The molecule has 4 nitrogen and oxygen atoms in total. The first-order chi connectivity index (χ1) is 10.3. The number of pyridine rings is 1. The minimum Gasteiger partial charge on any atom is -0.357 e. The third-order valence-corrected chi connectivity index (χ3v) is 4.89. The fourth-order valence-electron chi connectivity index (χ4n) is 2.64. The number of guanidine groups is 1. The molecule has 2 unspecified atom stereocenters. The fourth-order valence-corrected chi connectivity index (χ4v) is 3.44. The van der Waals surface area contributed by atoms with E-state index in [1.54, 1.807) is 6.20 Å². The van der Waals surface area contributed by atoms with Crippen LogP contribution in [0, 0.1) is 0 Å². The number of thioether (sulfide) groups is 1. The summed E-state index contributed by atoms with van der Waals surface area (Å²) in [6.45, 7) is 3.80. The number of rotatable bonds is 6. The van der Waals surface area contributed by atoms with Gasteiger partial charge in [0, 0.05) is 36.8 Å². The van der Waals surface area contributed by atoms with Crippen molar-refractivity contribution in [3.8, 4) is 0 Å². The summed E-state index contributed by atoms with van der Waals surface area (Å²) in [6, 6.07) is 4.64. The predicted octanol–water partition coefficient (Wildman–Crippen LogP) is 3.08. The smallest absolute Gasteiger partial charge is 0.191 e. The molecule has 0 aromatic carbocycles. The second-order valence-corrected chi connectivity index (χ2v) is 6.52. The van der Waals surface area contributed by atoms with Crippen molar-refractivity contribution < 1.29 is 0 Å². The highest BCUT2D eigenvalue weighted by molar-refractivity contribution is 14.0. The van der Waals surface area contributed by atoms with Crippen LogP contribution in [0.2, 0.25) is 0 Å². The topological polar surface area (TPSA) is 49.3 Å². The van der Waals surface area contributed by atoms with E-state index >= 15 is 0 Å². The van der Waals surface area contributed by atoms with Crippen LogP contribution in [0.25, 0.3) is 0 Å². The summed E-state index contributed by atoms with van der Waals surface area (Å²) < 4.78 is 0. The van der Waals surface area contributed by atoms with Crippen LogP contribution in [0.1, 0.15) is 31.7 Å². The average molecular weight is 434 g/mol. The summed E-state index contributed by atoms with van der Waals surface area (Å²) in [5.41, 5.74) is 1.24. The maximum Gasteiger partial charge on any atom is 0.191 e. The molecule has 6 heteroatoms. The van der Waals surface area contributed by atoms with E-state index in [2.05, 4.69) is 39.9 Å². The van der Waals surface area contributed by atoms with Crippen LogP contribution in [-0.2, 0) is 6.42 Å². The molecule has 22 heavy (non-hydrogen) atoms. The van der Waals surface area contributed by atoms with Crippen molar-refractivity contribution in [3.63, 3.8) is 0 Å². The van der Waals surface area contributed by atoms with Crippen molar-refractivity contribution in [2.75, 3.05) is 19.3 Å². The molecule has 0 bridgehead atoms. The number of hydrogen-bond donors (Lipinski definition) is 2. The molecular formula is C16H27IN4S. The Morgan fingerprint density at radius 1 is 1.45 bits per heavy atom. The zero-order valence-corrected chi connectivity index (χ0v) is 16.6. The minimum absolute atomic E-state index is 0. The molecule has 1 saturated carbocycles. The van der Waals surface area contributed by atoms with E-state index in [4.69, 9.17) is 0 Å². The number of aromatic nitrogens is 1. The van der Waals surface area contributed by atoms with Crippen molar-refractivity contribution in [1.82, 2.24) is 15.6 Å². The van der Waals surface area contributed by atoms with Gasteiger partial charge >= 0.3 is 0 Å². The lowest BCUT2D eigenvalue weighted by Crippen LogP contribution is -2.42. The van der Waals surface area contributed by atoms with Gasteiger partial charge in [0.05, 0.1) is 0 Å². The number of nitrogens with one attached hydrogen (secondary N) is 2. The van der Waals surface area contributed by atoms with Crippen molar-refractivity contribution in [3.05, 3.63) is 30.1 Å². The first-order valence-corrected chi connectivity index (χ1v) is 9.07. The second-order valence-electron chi connectivity index (χ2n) is 5.38. The summed E-state index contributed by atoms with van der Waals surface area (Å²) in [6.07, 6.45) is 10.7. The average Bonchev–Trinajstić information content (AvgIpc) is 2.96. The Morgan fingerprint density at radius 3 is 2.95 bits per heavy atom. The fraction of sp³-hybridized carbons (Fsp3) is 0.625. The van der Waals surface area contributed by atoms with E-state index < -0.39 is 0 Å². The van der Waals surface area contributed by atoms with E-state index in [1.165, 1.54) is 24.8 Å². The molecule has 124 valence electrons. The lowest BCUT2D eigenvalue weighted by atomic mass is 10.2. The van der Waals surface area contributed by atoms with Gasteiger partial charge in [-0.05, 0) is 50.5 Å². The van der Waals surface area contributed by atoms with E-state index in [1.807, 2.05) is 24.0 Å². The molecular weight excluding hydrogens is 407 g/mol. The van der Waals surface area contributed by atoms with Crippen molar-refractivity contribution in [2.24, 2.45) is 4.99 Å². The van der Waals surface area contributed by atoms with Crippen LogP contribution in [0.15, 0.2) is 29.5 Å². The van der Waals surface area contributed by atoms with Crippen LogP contribution in [0.4, 0.5) is 0 Å². The predicted molar refractivity (Wildman–Crippen MR) is 107 cm³/mol. The third-order valence-electron chi connectivity index (χ3n) is 3.80. The Morgan fingerprint density at radius 2 is 2.32 bits per heavy atom. The van der Waals surface area contributed by atoms with Gasteiger partial charge in [-0.1, -0.05) is 6.07 Å². The lowest BCUT2D eigenvalue weighted by molar-refractivity contribution is 0.615. The standard InChI is InChI=1S/C16H26N4S.HI/c1-3-18-16(20-14-6-7-15(11-14)21-2)19-10-8-13-5-4-9-17-12-13;/h4-5,9,12,14-15H,3,6-8,10-11H2,1-2H3,(H2,18,19,20);1H. The molecule has 1 aromatic heterocycles. The van der Waals surface area contributed by atoms with Crippen molar-refractivity contribution in [1.29, 1.82) is 0 Å². The minimum atomic E-state index is 0. The SMILES string of the molecule is CCNC(=NCCc1cccnc1)NC1CCC(SC)C1.I. The molecule has 0 amide bonds. The number of aliphatic imine (C=N–C) groups is 1. The third kappa shape index (κ3) is 6.73. The lowest BCUT2D eigenvalue weighted by Gasteiger charge is -2.17. The normalized spacial score (nSPS) is 21.3. The van der Waals surface area contributed by atoms with Crippen LogP contribution in [0.5, 0.6) is 0 Å². The first kappa shape index (κ1) is 19.5. The van der Waals surface area contributed by atoms with Crippen LogP contribution in [0.3, 0.4) is 0 Å². The van der Waals surface area contributed by atoms with E-state index in [0.717, 1.165) is 30.7 Å². The number of halogens is 1. The molecule has 1 aliphatic rings. The molecule has 1 heterocycles. The van der Waals surface area contributed by atoms with Crippen molar-refractivity contribution >= 4 is 41.7 Å². The molecule has 2 atom stereocenters. The Hall–Kier alpha value is -0.500. The Kier molecular flexibility index (Phi) is 9.86. The molecule has 2 rings (SSSR count). The summed E-state index contributed by atoms with van der Waals surface area (Å²) in [7, 11) is 0. The largest absolute Gasteiger partial charge is 0.357 e. The Bertz CT molecular complexity index is 441. The second kappa shape index (κ2) is 11.1. The molecule has 0 radical (unpaired) electrons. The quantitative estimate of drug-likeness (QED) is 0.411. The van der Waals surface area contributed by atoms with Gasteiger partial charge < -0.3 is 10.6 Å². The van der Waals surface area contributed by atoms with Crippen LogP contribution in [-0.4, -0.2) is 41.6 Å². The van der Waals surface area contributed by atoms with Gasteiger partial charge in [0.25, 0.3) is 0 Å². The molecule has 1 aromatic rings. The van der Waals surface area contributed by atoms with Gasteiger partial charge in [-0.25, -0.2) is 0 Å². The van der Waals surface area contributed by atoms with Gasteiger partial charge in [-0.3, -0.25) is 9.98 Å². The number of hydrogen-bond acceptors (Lipinski definition) is 3. The Balaban J connectivity index is 0.00000242. The maximum atomic E-state index is 4.68. The van der Waals surface area contributed by atoms with Gasteiger partial charge in [0.1, 0.15) is 0 Å². The monoisotopic (exact) mass is 434 g/mol. The molecule has 1 fully saturated rings. The van der Waals surface area contributed by atoms with Gasteiger partial charge in [-0.15, -0.1) is 24.0 Å². The van der Waals surface area contributed by atoms with Crippen LogP contribution >= 0.6 is 35.7 Å². The highest BCUT2D eigenvalue weighted by Gasteiger charge is 2.24. The molecule has 2 N–H and O–H groups in total. The summed E-state index contributed by atoms with van der Waals surface area (Å²) >= 11 is 1.98. The first-order valence-electron chi connectivity index (χ1n) is 7.78. The highest BCUT2D eigenvalue weighted by atomic mass is 127. The van der Waals surface area contributed by atoms with Gasteiger partial charge in [-0.2, -0.15) is 11.8 Å². The number of nitrogens with zero attached hydrogens (tertiary/aromatic N) is 2. The van der Waals surface area contributed by atoms with E-state index in [9.17, 15) is 0 Å². The molecule has 0 spiro atoms. The van der Waals surface area contributed by atoms with Gasteiger partial charge in [0.15, 0.2) is 5.96 Å². The Labute approximate surface area is 155 Å². The summed E-state index contributed by atoms with van der Waals surface area (Å²) in [5.74, 6) is 0.952. The zero-order chi connectivity index (χ0) is 14.9. The highest BCUT2D eigenvalue weighted by Crippen LogP contribution is 2.27. The molecule has 0 aliphatic heterocycles. The molecule has 1 aliphatic carbocycles. The van der Waals surface area contributed by atoms with Crippen molar-refractivity contribution in [2.45, 2.75) is 43.9 Å². The molecule has 0 saturated heterocycles. The maximum absolute atomic E-state index is 4.68. The zero-order valence-electron chi connectivity index (χ0n) is 13.4. The summed E-state index contributed by atoms with van der Waals surface area (Å²) in [4.78, 5) is 8.82. The van der Waals surface area contributed by atoms with Crippen LogP contribution < -0.4 is 10.6 Å². The van der Waals surface area contributed by atoms with E-state index in [-0.39, 0.29) is 24.0 Å². The summed E-state index contributed by atoms with van der Waals surface area (Å²) in [5, 5.41) is 7.73. The van der Waals surface area contributed by atoms with E-state index in [0.29, 0.717) is 6.04 Å².